The van der Waals surface area contributed by atoms with Crippen LogP contribution in [0.1, 0.15) is 61.4 Å². The van der Waals surface area contributed by atoms with Crippen molar-refractivity contribution >= 4 is 34.7 Å². The third-order valence-corrected chi connectivity index (χ3v) is 7.65. The standard InChI is InChI=1S/C30H36F3N7O2/c1-21(20-38-15-3-2-4-16-38)34-28(42)23-7-9-24(10-8-23)35-29-36-27-25(6-5-17-40(27)37-29)22-12-18-39(19-13-22)26(41)11-14-30(31,32)33/h5-10,12,17,21H,2-4,11,13-16,18-20H2,1H3,(H,34,42)(H,35,37). The molecular formula is C30H36F3N7O2. The Labute approximate surface area is 242 Å². The number of halogens is 3. The maximum absolute atomic E-state index is 12.8. The molecule has 4 heterocycles. The van der Waals surface area contributed by atoms with Gasteiger partial charge in [-0.2, -0.15) is 18.2 Å². The number of pyridine rings is 1. The first-order valence-corrected chi connectivity index (χ1v) is 14.4. The number of carbonyl (C=O) groups is 2. The number of alkyl halides is 3. The van der Waals surface area contributed by atoms with Gasteiger partial charge in [-0.25, -0.2) is 4.52 Å². The number of aromatic nitrogens is 3. The van der Waals surface area contributed by atoms with Crippen molar-refractivity contribution in [1.29, 1.82) is 0 Å². The molecule has 0 aliphatic carbocycles. The lowest BCUT2D eigenvalue weighted by atomic mass is 10.00. The molecule has 1 saturated heterocycles. The molecule has 0 radical (unpaired) electrons. The van der Waals surface area contributed by atoms with E-state index in [2.05, 4.69) is 25.6 Å². The zero-order valence-electron chi connectivity index (χ0n) is 23.7. The predicted octanol–water partition coefficient (Wildman–Crippen LogP) is 5.04. The molecule has 2 aliphatic heterocycles. The number of rotatable bonds is 9. The van der Waals surface area contributed by atoms with Gasteiger partial charge in [0.05, 0.1) is 6.42 Å². The van der Waals surface area contributed by atoms with E-state index in [0.717, 1.165) is 36.5 Å². The molecule has 5 rings (SSSR count). The molecule has 1 unspecified atom stereocenters. The number of carbonyl (C=O) groups excluding carboxylic acids is 2. The number of fused-ring (bicyclic) bond motifs is 1. The quantitative estimate of drug-likeness (QED) is 0.367. The van der Waals surface area contributed by atoms with E-state index in [1.165, 1.54) is 24.2 Å². The molecular weight excluding hydrogens is 547 g/mol. The SMILES string of the molecule is CC(CN1CCCCC1)NC(=O)c1ccc(Nc2nc3c(C4=CCN(C(=O)CCC(F)(F)F)CC4)cccn3n2)cc1. The van der Waals surface area contributed by atoms with Gasteiger partial charge in [0.1, 0.15) is 0 Å². The number of amides is 2. The fourth-order valence-electron chi connectivity index (χ4n) is 5.47. The normalized spacial score (nSPS) is 17.1. The minimum atomic E-state index is -4.34. The number of likely N-dealkylation sites (tertiary alicyclic amines) is 1. The molecule has 2 aromatic heterocycles. The largest absolute Gasteiger partial charge is 0.389 e. The van der Waals surface area contributed by atoms with Gasteiger partial charge in [-0.15, -0.1) is 5.10 Å². The Morgan fingerprint density at radius 1 is 1.05 bits per heavy atom. The van der Waals surface area contributed by atoms with Crippen LogP contribution in [0.5, 0.6) is 0 Å². The Balaban J connectivity index is 1.19. The first-order chi connectivity index (χ1) is 20.1. The van der Waals surface area contributed by atoms with Crippen LogP contribution in [0.2, 0.25) is 0 Å². The van der Waals surface area contributed by atoms with E-state index in [1.54, 1.807) is 22.8 Å². The monoisotopic (exact) mass is 583 g/mol. The molecule has 12 heteroatoms. The van der Waals surface area contributed by atoms with Crippen LogP contribution in [0.3, 0.4) is 0 Å². The number of hydrogen-bond donors (Lipinski definition) is 2. The third kappa shape index (κ3) is 7.67. The van der Waals surface area contributed by atoms with Gasteiger partial charge in [0.15, 0.2) is 5.65 Å². The fourth-order valence-corrected chi connectivity index (χ4v) is 5.47. The summed E-state index contributed by atoms with van der Waals surface area (Å²) >= 11 is 0. The second-order valence-electron chi connectivity index (χ2n) is 11.0. The van der Waals surface area contributed by atoms with E-state index in [4.69, 9.17) is 0 Å². The molecule has 0 bridgehead atoms. The first kappa shape index (κ1) is 29.6. The highest BCUT2D eigenvalue weighted by Gasteiger charge is 2.29. The summed E-state index contributed by atoms with van der Waals surface area (Å²) < 4.78 is 39.1. The van der Waals surface area contributed by atoms with Crippen LogP contribution in [0.25, 0.3) is 11.2 Å². The average molecular weight is 584 g/mol. The van der Waals surface area contributed by atoms with Gasteiger partial charge in [0.25, 0.3) is 5.91 Å². The van der Waals surface area contributed by atoms with Gasteiger partial charge < -0.3 is 20.4 Å². The summed E-state index contributed by atoms with van der Waals surface area (Å²) in [7, 11) is 0. The van der Waals surface area contributed by atoms with E-state index in [-0.39, 0.29) is 18.5 Å². The molecule has 2 amide bonds. The molecule has 1 fully saturated rings. The number of nitrogens with zero attached hydrogens (tertiary/aromatic N) is 5. The summed E-state index contributed by atoms with van der Waals surface area (Å²) in [5.74, 6) is -0.219. The lowest BCUT2D eigenvalue weighted by Gasteiger charge is -2.29. The van der Waals surface area contributed by atoms with Crippen molar-refractivity contribution in [3.8, 4) is 0 Å². The van der Waals surface area contributed by atoms with Crippen molar-refractivity contribution in [3.05, 3.63) is 59.8 Å². The molecule has 0 spiro atoms. The lowest BCUT2D eigenvalue weighted by Crippen LogP contribution is -2.43. The first-order valence-electron chi connectivity index (χ1n) is 14.4. The highest BCUT2D eigenvalue weighted by Crippen LogP contribution is 2.28. The van der Waals surface area contributed by atoms with Crippen LogP contribution in [0, 0.1) is 0 Å². The van der Waals surface area contributed by atoms with E-state index in [1.807, 2.05) is 37.3 Å². The summed E-state index contributed by atoms with van der Waals surface area (Å²) in [6, 6.07) is 11.0. The number of piperidine rings is 1. The van der Waals surface area contributed by atoms with Crippen molar-refractivity contribution in [2.24, 2.45) is 0 Å². The Morgan fingerprint density at radius 2 is 1.81 bits per heavy atom. The number of hydrogen-bond acceptors (Lipinski definition) is 6. The number of anilines is 2. The molecule has 1 atom stereocenters. The van der Waals surface area contributed by atoms with Crippen LogP contribution in [0.15, 0.2) is 48.7 Å². The van der Waals surface area contributed by atoms with Crippen LogP contribution in [0.4, 0.5) is 24.8 Å². The second kappa shape index (κ2) is 12.9. The molecule has 9 nitrogen and oxygen atoms in total. The minimum absolute atomic E-state index is 0.0574. The van der Waals surface area contributed by atoms with Gasteiger partial charge in [0, 0.05) is 55.1 Å². The predicted molar refractivity (Wildman–Crippen MR) is 154 cm³/mol. The zero-order valence-corrected chi connectivity index (χ0v) is 23.7. The molecule has 1 aromatic carbocycles. The van der Waals surface area contributed by atoms with Crippen molar-refractivity contribution in [2.75, 3.05) is 38.0 Å². The molecule has 0 saturated carbocycles. The Bertz CT molecular complexity index is 1430. The highest BCUT2D eigenvalue weighted by atomic mass is 19.4. The van der Waals surface area contributed by atoms with E-state index >= 15 is 0 Å². The summed E-state index contributed by atoms with van der Waals surface area (Å²) in [4.78, 5) is 33.5. The maximum Gasteiger partial charge on any atom is 0.389 e. The van der Waals surface area contributed by atoms with E-state index in [0.29, 0.717) is 30.1 Å². The molecule has 2 aliphatic rings. The second-order valence-corrected chi connectivity index (χ2v) is 11.0. The molecule has 42 heavy (non-hydrogen) atoms. The average Bonchev–Trinajstić information content (AvgIpc) is 3.39. The van der Waals surface area contributed by atoms with Crippen LogP contribution in [-0.2, 0) is 4.79 Å². The van der Waals surface area contributed by atoms with Gasteiger partial charge >= 0.3 is 6.18 Å². The maximum atomic E-state index is 12.8. The summed E-state index contributed by atoms with van der Waals surface area (Å²) in [5.41, 5.74) is 3.75. The smallest absolute Gasteiger partial charge is 0.348 e. The molecule has 3 aromatic rings. The van der Waals surface area contributed by atoms with Crippen molar-refractivity contribution in [1.82, 2.24) is 29.7 Å². The summed E-state index contributed by atoms with van der Waals surface area (Å²) in [6.07, 6.45) is 1.88. The van der Waals surface area contributed by atoms with E-state index < -0.39 is 24.9 Å². The van der Waals surface area contributed by atoms with Crippen molar-refractivity contribution in [3.63, 3.8) is 0 Å². The Morgan fingerprint density at radius 3 is 2.50 bits per heavy atom. The molecule has 224 valence electrons. The van der Waals surface area contributed by atoms with Crippen molar-refractivity contribution < 1.29 is 22.8 Å². The van der Waals surface area contributed by atoms with E-state index in [9.17, 15) is 22.8 Å². The van der Waals surface area contributed by atoms with Crippen LogP contribution >= 0.6 is 0 Å². The van der Waals surface area contributed by atoms with Gasteiger partial charge in [-0.3, -0.25) is 9.59 Å². The minimum Gasteiger partial charge on any atom is -0.348 e. The molecule has 2 N–H and O–H groups in total. The Kier molecular flexibility index (Phi) is 9.10. The van der Waals surface area contributed by atoms with Gasteiger partial charge in [0.2, 0.25) is 11.9 Å². The summed E-state index contributed by atoms with van der Waals surface area (Å²) in [6.45, 7) is 5.66. The summed E-state index contributed by atoms with van der Waals surface area (Å²) in [5, 5.41) is 10.8. The lowest BCUT2D eigenvalue weighted by molar-refractivity contribution is -0.148. The third-order valence-electron chi connectivity index (χ3n) is 7.65. The number of benzene rings is 1. The van der Waals surface area contributed by atoms with Gasteiger partial charge in [-0.05, 0) is 81.2 Å². The van der Waals surface area contributed by atoms with Crippen LogP contribution in [-0.4, -0.2) is 81.2 Å². The fraction of sp³-hybridized carbons (Fsp3) is 0.467. The van der Waals surface area contributed by atoms with Crippen molar-refractivity contribution in [2.45, 2.75) is 57.7 Å². The zero-order chi connectivity index (χ0) is 29.7. The Hall–Kier alpha value is -3.93. The highest BCUT2D eigenvalue weighted by molar-refractivity contribution is 5.94. The van der Waals surface area contributed by atoms with Crippen LogP contribution < -0.4 is 10.6 Å². The van der Waals surface area contributed by atoms with Gasteiger partial charge in [-0.1, -0.05) is 12.5 Å². The number of nitrogens with one attached hydrogen (secondary N) is 2. The topological polar surface area (TPSA) is 94.9 Å².